The molecule has 0 bridgehead atoms. The van der Waals surface area contributed by atoms with E-state index in [1.54, 1.807) is 0 Å². The molecule has 0 saturated carbocycles. The van der Waals surface area contributed by atoms with E-state index >= 15 is 0 Å². The average molecular weight is 366 g/mol. The molecule has 1 atom stereocenters. The molecule has 0 aromatic rings. The fraction of sp³-hybridized carbons (Fsp3) is 0.864. The maximum absolute atomic E-state index is 9.83. The zero-order chi connectivity index (χ0) is 20.4. The van der Waals surface area contributed by atoms with Crippen LogP contribution in [0.3, 0.4) is 0 Å². The normalized spacial score (nSPS) is 14.2. The third-order valence-electron chi connectivity index (χ3n) is 3.26. The van der Waals surface area contributed by atoms with E-state index in [9.17, 15) is 9.90 Å². The Morgan fingerprint density at radius 3 is 1.69 bits per heavy atom. The van der Waals surface area contributed by atoms with E-state index in [0.29, 0.717) is 0 Å². The largest absolute Gasteiger partial charge is 1.00 e. The minimum Gasteiger partial charge on any atom is -0.393 e. The molecule has 1 heterocycles. The smallest absolute Gasteiger partial charge is 0.393 e. The van der Waals surface area contributed by atoms with Gasteiger partial charge in [-0.25, -0.2) is 0 Å². The molecule has 0 aliphatic carbocycles. The predicted octanol–water partition coefficient (Wildman–Crippen LogP) is 3.05. The van der Waals surface area contributed by atoms with Gasteiger partial charge in [-0.1, -0.05) is 61.3 Å². The van der Waals surface area contributed by atoms with Crippen molar-refractivity contribution in [2.24, 2.45) is 10.8 Å². The van der Waals surface area contributed by atoms with Crippen LogP contribution in [-0.4, -0.2) is 30.7 Å². The molecule has 0 aromatic heterocycles. The maximum atomic E-state index is 9.83. The van der Waals surface area contributed by atoms with Gasteiger partial charge in [0.15, 0.2) is 0 Å². The molecule has 1 fully saturated rings. The quantitative estimate of drug-likeness (QED) is 0.473. The fourth-order valence-electron chi connectivity index (χ4n) is 1.34. The molecule has 1 rings (SSSR count). The summed E-state index contributed by atoms with van der Waals surface area (Å²) in [6.07, 6.45) is 8.53. The molecule has 26 heavy (non-hydrogen) atoms. The second-order valence-electron chi connectivity index (χ2n) is 8.53. The Bertz CT molecular complexity index is 254. The molecule has 152 valence electrons. The monoisotopic (exact) mass is 365 g/mol. The molecule has 1 N–H and O–H groups in total. The third-order valence-corrected chi connectivity index (χ3v) is 3.26. The van der Waals surface area contributed by atoms with Crippen molar-refractivity contribution in [3.05, 3.63) is 13.8 Å². The van der Waals surface area contributed by atoms with Gasteiger partial charge in [-0.2, -0.15) is 0 Å². The first-order valence-electron chi connectivity index (χ1n) is 9.76. The number of aliphatic hydroxyl groups excluding tert-OH is 1. The molecule has 3 nitrogen and oxygen atoms in total. The predicted molar refractivity (Wildman–Crippen MR) is 111 cm³/mol. The van der Waals surface area contributed by atoms with Crippen molar-refractivity contribution in [2.45, 2.75) is 99.5 Å². The Kier molecular flexibility index (Phi) is 27.6. The molecule has 0 radical (unpaired) electrons. The van der Waals surface area contributed by atoms with Crippen molar-refractivity contribution in [3.63, 3.8) is 0 Å². The SMILES string of the molecule is C1CCOC1.CC(C)(C)C=O.CCCCC(O)C(C)(C)C.[CH2+]CC[CH2-].[Li+]. The van der Waals surface area contributed by atoms with Gasteiger partial charge in [0, 0.05) is 18.6 Å². The Balaban J connectivity index is -0.000000131. The third kappa shape index (κ3) is 35.2. The van der Waals surface area contributed by atoms with Gasteiger partial charge in [0.1, 0.15) is 6.29 Å². The molecule has 0 aromatic carbocycles. The Morgan fingerprint density at radius 2 is 1.54 bits per heavy atom. The standard InChI is InChI=1S/C9H20O.C5H10O.C4H8O.C4H8.Li/c1-5-6-7-8(10)9(2,3)4;1-5(2,3)4-6;1-2-4-5-3-1;1-3-4-2;/h8,10H,5-7H2,1-4H3;4H,1-3H3;1-4H2;1-4H2;/q;;;;+1. The Labute approximate surface area is 177 Å². The van der Waals surface area contributed by atoms with E-state index < -0.39 is 0 Å². The zero-order valence-electron chi connectivity index (χ0n) is 19.2. The van der Waals surface area contributed by atoms with Crippen LogP contribution >= 0.6 is 0 Å². The molecule has 0 spiro atoms. The summed E-state index contributed by atoms with van der Waals surface area (Å²) in [6.45, 7) is 23.1. The van der Waals surface area contributed by atoms with Gasteiger partial charge in [0.05, 0.1) is 19.4 Å². The van der Waals surface area contributed by atoms with Gasteiger partial charge in [-0.3, -0.25) is 0 Å². The molecule has 1 saturated heterocycles. The van der Waals surface area contributed by atoms with Crippen LogP contribution in [0.5, 0.6) is 0 Å². The van der Waals surface area contributed by atoms with Crippen LogP contribution in [0.15, 0.2) is 0 Å². The first-order valence-corrected chi connectivity index (χ1v) is 9.76. The molecule has 0 amide bonds. The van der Waals surface area contributed by atoms with Crippen LogP contribution in [0.2, 0.25) is 0 Å². The van der Waals surface area contributed by atoms with Crippen molar-refractivity contribution >= 4 is 6.29 Å². The molecule has 1 unspecified atom stereocenters. The summed E-state index contributed by atoms with van der Waals surface area (Å²) in [6, 6.07) is 0. The second-order valence-corrected chi connectivity index (χ2v) is 8.53. The number of carbonyl (C=O) groups excluding carboxylic acids is 1. The summed E-state index contributed by atoms with van der Waals surface area (Å²) >= 11 is 0. The first kappa shape index (κ1) is 33.6. The Hall–Kier alpha value is 0.0574. The Morgan fingerprint density at radius 1 is 1.15 bits per heavy atom. The molecular formula is C22H46LiO3+. The number of hydrogen-bond donors (Lipinski definition) is 1. The summed E-state index contributed by atoms with van der Waals surface area (Å²) < 4.78 is 4.94. The van der Waals surface area contributed by atoms with Gasteiger partial charge in [0.2, 0.25) is 0 Å². The topological polar surface area (TPSA) is 46.5 Å². The van der Waals surface area contributed by atoms with E-state index in [-0.39, 0.29) is 35.8 Å². The van der Waals surface area contributed by atoms with E-state index in [2.05, 4.69) is 41.5 Å². The van der Waals surface area contributed by atoms with Gasteiger partial charge >= 0.3 is 18.9 Å². The second kappa shape index (κ2) is 21.4. The summed E-state index contributed by atoms with van der Waals surface area (Å²) in [5.41, 5.74) is -0.0742. The summed E-state index contributed by atoms with van der Waals surface area (Å²) in [5.74, 6) is 0. The van der Waals surface area contributed by atoms with Crippen molar-refractivity contribution in [3.8, 4) is 0 Å². The maximum Gasteiger partial charge on any atom is 1.00 e. The van der Waals surface area contributed by atoms with Crippen LogP contribution in [0.25, 0.3) is 0 Å². The summed E-state index contributed by atoms with van der Waals surface area (Å²) in [7, 11) is 0. The van der Waals surface area contributed by atoms with Gasteiger partial charge in [-0.05, 0) is 24.7 Å². The van der Waals surface area contributed by atoms with Crippen molar-refractivity contribution in [2.75, 3.05) is 13.2 Å². The zero-order valence-corrected chi connectivity index (χ0v) is 19.2. The number of rotatable bonds is 4. The van der Waals surface area contributed by atoms with E-state index in [4.69, 9.17) is 4.74 Å². The number of hydrogen-bond acceptors (Lipinski definition) is 3. The van der Waals surface area contributed by atoms with Crippen LogP contribution in [0.4, 0.5) is 0 Å². The van der Waals surface area contributed by atoms with Gasteiger partial charge < -0.3 is 21.6 Å². The van der Waals surface area contributed by atoms with Gasteiger partial charge in [0.25, 0.3) is 0 Å². The summed E-state index contributed by atoms with van der Waals surface area (Å²) in [4.78, 5) is 9.83. The fourth-order valence-corrected chi connectivity index (χ4v) is 1.34. The van der Waals surface area contributed by atoms with Crippen LogP contribution in [0, 0.1) is 24.7 Å². The van der Waals surface area contributed by atoms with Gasteiger partial charge in [-0.15, -0.1) is 6.42 Å². The van der Waals surface area contributed by atoms with Crippen LogP contribution in [0.1, 0.15) is 93.4 Å². The molecule has 1 aliphatic heterocycles. The van der Waals surface area contributed by atoms with Crippen molar-refractivity contribution in [1.29, 1.82) is 0 Å². The molecule has 4 heteroatoms. The van der Waals surface area contributed by atoms with Crippen molar-refractivity contribution in [1.82, 2.24) is 0 Å². The minimum absolute atomic E-state index is 0. The van der Waals surface area contributed by atoms with Crippen LogP contribution < -0.4 is 18.9 Å². The summed E-state index contributed by atoms with van der Waals surface area (Å²) in [5, 5.41) is 9.52. The van der Waals surface area contributed by atoms with E-state index in [1.165, 1.54) is 19.3 Å². The number of aliphatic hydroxyl groups is 1. The minimum atomic E-state index is -0.139. The number of aldehydes is 1. The molecular weight excluding hydrogens is 319 g/mol. The van der Waals surface area contributed by atoms with Crippen molar-refractivity contribution < 1.29 is 33.5 Å². The average Bonchev–Trinajstić information content (AvgIpc) is 3.11. The van der Waals surface area contributed by atoms with Crippen LogP contribution in [-0.2, 0) is 9.53 Å². The van der Waals surface area contributed by atoms with E-state index in [1.807, 2.05) is 20.8 Å². The number of ether oxygens (including phenoxy) is 1. The van der Waals surface area contributed by atoms with E-state index in [0.717, 1.165) is 45.2 Å². The number of carbonyl (C=O) groups is 1. The molecule has 1 aliphatic rings. The first-order chi connectivity index (χ1) is 11.5. The number of unbranched alkanes of at least 4 members (excludes halogenated alkanes) is 2.